The van der Waals surface area contributed by atoms with E-state index in [2.05, 4.69) is 0 Å². The Morgan fingerprint density at radius 3 is 2.52 bits per heavy atom. The molecule has 2 aliphatic heterocycles. The third-order valence-corrected chi connectivity index (χ3v) is 4.35. The number of ether oxygens (including phenoxy) is 4. The molecular formula is C18H24N2O7. The quantitative estimate of drug-likeness (QED) is 0.253. The van der Waals surface area contributed by atoms with Gasteiger partial charge in [0.1, 0.15) is 18.3 Å². The van der Waals surface area contributed by atoms with E-state index in [1.165, 1.54) is 24.4 Å². The Morgan fingerprint density at radius 2 is 1.89 bits per heavy atom. The highest BCUT2D eigenvalue weighted by Crippen LogP contribution is 2.35. The predicted molar refractivity (Wildman–Crippen MR) is 95.5 cm³/mol. The Bertz CT molecular complexity index is 747. The fourth-order valence-electron chi connectivity index (χ4n) is 3.31. The molecule has 0 bridgehead atoms. The second-order valence-electron chi connectivity index (χ2n) is 7.59. The van der Waals surface area contributed by atoms with Crippen LogP contribution in [0.2, 0.25) is 0 Å². The molecule has 2 heterocycles. The SMILES string of the molecule is CC1(C)OC[C@H]([C@H]2OC(C)(C)O[C@@H]2C/[N+]([O-])=C/c2cccc([N+](=O)[O-])c2)O1. The average Bonchev–Trinajstić information content (AvgIpc) is 3.06. The van der Waals surface area contributed by atoms with Crippen LogP contribution in [0, 0.1) is 15.3 Å². The molecule has 0 amide bonds. The van der Waals surface area contributed by atoms with Crippen LogP contribution in [0.3, 0.4) is 0 Å². The van der Waals surface area contributed by atoms with Crippen molar-refractivity contribution in [3.8, 4) is 0 Å². The molecule has 2 fully saturated rings. The van der Waals surface area contributed by atoms with Gasteiger partial charge in [0.25, 0.3) is 5.69 Å². The van der Waals surface area contributed by atoms with Crippen LogP contribution in [0.4, 0.5) is 5.69 Å². The minimum Gasteiger partial charge on any atom is -0.624 e. The first-order chi connectivity index (χ1) is 12.5. The Hall–Kier alpha value is -2.07. The molecule has 0 spiro atoms. The van der Waals surface area contributed by atoms with Gasteiger partial charge in [0.2, 0.25) is 0 Å². The summed E-state index contributed by atoms with van der Waals surface area (Å²) in [6.07, 6.45) is -0.0426. The van der Waals surface area contributed by atoms with Crippen LogP contribution in [-0.2, 0) is 18.9 Å². The van der Waals surface area contributed by atoms with Gasteiger partial charge in [0.05, 0.1) is 11.5 Å². The van der Waals surface area contributed by atoms with Crippen molar-refractivity contribution < 1.29 is 28.6 Å². The van der Waals surface area contributed by atoms with Gasteiger partial charge in [-0.1, -0.05) is 6.07 Å². The lowest BCUT2D eigenvalue weighted by molar-refractivity contribution is -0.466. The Morgan fingerprint density at radius 1 is 1.15 bits per heavy atom. The minimum absolute atomic E-state index is 0.00290. The van der Waals surface area contributed by atoms with Crippen LogP contribution in [0.1, 0.15) is 33.3 Å². The molecule has 3 rings (SSSR count). The standard InChI is InChI=1S/C18H24N2O7/c1-17(2)24-11-15(26-17)16-14(25-18(3,4)27-16)10-19(21)9-12-6-5-7-13(8-12)20(22)23/h5-9,14-16H,10-11H2,1-4H3/b19-9-/t14-,15-,16+/m1/s1. The van der Waals surface area contributed by atoms with E-state index < -0.39 is 28.7 Å². The van der Waals surface area contributed by atoms with Crippen molar-refractivity contribution in [2.24, 2.45) is 0 Å². The molecule has 0 aromatic heterocycles. The minimum atomic E-state index is -0.849. The maximum absolute atomic E-state index is 12.4. The van der Waals surface area contributed by atoms with Gasteiger partial charge < -0.3 is 24.2 Å². The summed E-state index contributed by atoms with van der Waals surface area (Å²) >= 11 is 0. The molecule has 3 atom stereocenters. The maximum Gasteiger partial charge on any atom is 0.270 e. The summed E-state index contributed by atoms with van der Waals surface area (Å²) in [5.74, 6) is -1.56. The number of nitrogens with zero attached hydrogens (tertiary/aromatic N) is 2. The highest BCUT2D eigenvalue weighted by molar-refractivity contribution is 5.76. The zero-order valence-electron chi connectivity index (χ0n) is 15.8. The van der Waals surface area contributed by atoms with E-state index in [0.29, 0.717) is 16.9 Å². The zero-order chi connectivity index (χ0) is 19.8. The molecule has 1 aromatic rings. The molecular weight excluding hydrogens is 356 g/mol. The van der Waals surface area contributed by atoms with E-state index in [1.807, 2.05) is 13.8 Å². The molecule has 0 saturated carbocycles. The molecule has 9 heteroatoms. The van der Waals surface area contributed by atoms with Crippen LogP contribution in [0.5, 0.6) is 0 Å². The maximum atomic E-state index is 12.4. The van der Waals surface area contributed by atoms with Gasteiger partial charge in [-0.2, -0.15) is 0 Å². The fraction of sp³-hybridized carbons (Fsp3) is 0.611. The Balaban J connectivity index is 1.74. The van der Waals surface area contributed by atoms with Crippen molar-refractivity contribution >= 4 is 11.9 Å². The summed E-state index contributed by atoms with van der Waals surface area (Å²) in [4.78, 5) is 10.4. The molecule has 0 unspecified atom stereocenters. The lowest BCUT2D eigenvalue weighted by Crippen LogP contribution is -2.41. The van der Waals surface area contributed by atoms with Crippen molar-refractivity contribution in [3.63, 3.8) is 0 Å². The molecule has 27 heavy (non-hydrogen) atoms. The van der Waals surface area contributed by atoms with E-state index in [9.17, 15) is 15.3 Å². The molecule has 0 radical (unpaired) electrons. The highest BCUT2D eigenvalue weighted by atomic mass is 16.8. The number of nitro benzene ring substituents is 1. The van der Waals surface area contributed by atoms with Gasteiger partial charge in [-0.25, -0.2) is 4.74 Å². The van der Waals surface area contributed by atoms with E-state index in [-0.39, 0.29) is 18.3 Å². The zero-order valence-corrected chi connectivity index (χ0v) is 15.8. The van der Waals surface area contributed by atoms with Gasteiger partial charge in [-0.15, -0.1) is 0 Å². The number of non-ortho nitro benzene ring substituents is 1. The first-order valence-corrected chi connectivity index (χ1v) is 8.75. The lowest BCUT2D eigenvalue weighted by Gasteiger charge is -2.23. The molecule has 9 nitrogen and oxygen atoms in total. The third-order valence-electron chi connectivity index (χ3n) is 4.35. The Labute approximate surface area is 157 Å². The second-order valence-corrected chi connectivity index (χ2v) is 7.59. The fourth-order valence-corrected chi connectivity index (χ4v) is 3.31. The number of hydrogen-bond acceptors (Lipinski definition) is 7. The average molecular weight is 380 g/mol. The smallest absolute Gasteiger partial charge is 0.270 e. The first-order valence-electron chi connectivity index (χ1n) is 8.75. The molecule has 148 valence electrons. The van der Waals surface area contributed by atoms with E-state index >= 15 is 0 Å². The van der Waals surface area contributed by atoms with Crippen molar-refractivity contribution in [3.05, 3.63) is 45.2 Å². The van der Waals surface area contributed by atoms with Crippen LogP contribution in [0.15, 0.2) is 24.3 Å². The van der Waals surface area contributed by atoms with E-state index in [4.69, 9.17) is 18.9 Å². The lowest BCUT2D eigenvalue weighted by atomic mass is 10.1. The van der Waals surface area contributed by atoms with Gasteiger partial charge in [-0.3, -0.25) is 10.1 Å². The first kappa shape index (κ1) is 19.7. The van der Waals surface area contributed by atoms with Crippen molar-refractivity contribution in [2.75, 3.05) is 13.2 Å². The number of hydroxylamine groups is 1. The normalized spacial score (nSPS) is 29.8. The molecule has 2 saturated heterocycles. The summed E-state index contributed by atoms with van der Waals surface area (Å²) in [5, 5.41) is 23.3. The van der Waals surface area contributed by atoms with Crippen LogP contribution in [0.25, 0.3) is 0 Å². The molecule has 2 aliphatic rings. The molecule has 0 aliphatic carbocycles. The third kappa shape index (κ3) is 4.81. The summed E-state index contributed by atoms with van der Waals surface area (Å²) in [6, 6.07) is 5.87. The Kier molecular flexibility index (Phi) is 5.22. The summed E-state index contributed by atoms with van der Waals surface area (Å²) in [6.45, 7) is 7.54. The number of hydrogen-bond donors (Lipinski definition) is 0. The van der Waals surface area contributed by atoms with Crippen molar-refractivity contribution in [1.29, 1.82) is 0 Å². The summed E-state index contributed by atoms with van der Waals surface area (Å²) < 4.78 is 24.0. The van der Waals surface area contributed by atoms with Crippen LogP contribution >= 0.6 is 0 Å². The predicted octanol–water partition coefficient (Wildman–Crippen LogP) is 2.20. The summed E-state index contributed by atoms with van der Waals surface area (Å²) in [7, 11) is 0. The van der Waals surface area contributed by atoms with Crippen LogP contribution < -0.4 is 0 Å². The number of benzene rings is 1. The highest BCUT2D eigenvalue weighted by Gasteiger charge is 2.50. The van der Waals surface area contributed by atoms with Crippen LogP contribution in [-0.4, -0.2) is 58.9 Å². The monoisotopic (exact) mass is 380 g/mol. The van der Waals surface area contributed by atoms with Crippen molar-refractivity contribution in [2.45, 2.75) is 57.6 Å². The van der Waals surface area contributed by atoms with Gasteiger partial charge >= 0.3 is 0 Å². The topological polar surface area (TPSA) is 106 Å². The largest absolute Gasteiger partial charge is 0.624 e. The molecule has 0 N–H and O–H groups in total. The van der Waals surface area contributed by atoms with Crippen molar-refractivity contribution in [1.82, 2.24) is 0 Å². The number of nitro groups is 1. The van der Waals surface area contributed by atoms with Gasteiger partial charge in [0.15, 0.2) is 24.3 Å². The van der Waals surface area contributed by atoms with E-state index in [1.54, 1.807) is 19.9 Å². The van der Waals surface area contributed by atoms with E-state index in [0.717, 1.165) is 0 Å². The van der Waals surface area contributed by atoms with Gasteiger partial charge in [-0.05, 0) is 33.8 Å². The second kappa shape index (κ2) is 7.16. The summed E-state index contributed by atoms with van der Waals surface area (Å²) in [5.41, 5.74) is 0.367. The molecule has 1 aromatic carbocycles. The van der Waals surface area contributed by atoms with Gasteiger partial charge in [0, 0.05) is 17.7 Å². The number of rotatable bonds is 5.